The number of hydrogen-bond acceptors (Lipinski definition) is 2. The molecule has 18 heavy (non-hydrogen) atoms. The Bertz CT molecular complexity index is 442. The fourth-order valence-corrected chi connectivity index (χ4v) is 2.61. The average molecular weight is 310 g/mol. The predicted octanol–water partition coefficient (Wildman–Crippen LogP) is 4.10. The molecule has 3 heteroatoms. The van der Waals surface area contributed by atoms with Crippen LogP contribution in [0.2, 0.25) is 0 Å². The van der Waals surface area contributed by atoms with Gasteiger partial charge in [0.1, 0.15) is 5.76 Å². The van der Waals surface area contributed by atoms with Crippen molar-refractivity contribution in [1.82, 2.24) is 5.32 Å². The predicted molar refractivity (Wildman–Crippen MR) is 78.6 cm³/mol. The number of nitrogens with one attached hydrogen (secondary N) is 1. The summed E-state index contributed by atoms with van der Waals surface area (Å²) in [5.74, 6) is 1.07. The van der Waals surface area contributed by atoms with E-state index in [1.807, 2.05) is 0 Å². The molecule has 0 bridgehead atoms. The summed E-state index contributed by atoms with van der Waals surface area (Å²) in [5, 5.41) is 3.58. The van der Waals surface area contributed by atoms with Gasteiger partial charge in [-0.1, -0.05) is 35.0 Å². The Labute approximate surface area is 118 Å². The second-order valence-electron chi connectivity index (χ2n) is 4.58. The van der Waals surface area contributed by atoms with Gasteiger partial charge in [-0.3, -0.25) is 0 Å². The molecule has 0 amide bonds. The van der Waals surface area contributed by atoms with Gasteiger partial charge in [-0.25, -0.2) is 0 Å². The fraction of sp³-hybridized carbons (Fsp3) is 0.467. The van der Waals surface area contributed by atoms with Crippen molar-refractivity contribution in [2.45, 2.75) is 32.7 Å². The lowest BCUT2D eigenvalue weighted by Crippen LogP contribution is -2.25. The van der Waals surface area contributed by atoms with Crippen LogP contribution in [-0.2, 0) is 4.74 Å². The van der Waals surface area contributed by atoms with Gasteiger partial charge in [0.15, 0.2) is 0 Å². The molecule has 0 spiro atoms. The summed E-state index contributed by atoms with van der Waals surface area (Å²) < 4.78 is 6.90. The first-order valence-electron chi connectivity index (χ1n) is 6.55. The zero-order valence-corrected chi connectivity index (χ0v) is 12.6. The summed E-state index contributed by atoms with van der Waals surface area (Å²) in [4.78, 5) is 0. The van der Waals surface area contributed by atoms with Crippen molar-refractivity contribution in [3.05, 3.63) is 45.6 Å². The van der Waals surface area contributed by atoms with Crippen LogP contribution in [0, 0.1) is 6.92 Å². The molecule has 2 rings (SSSR count). The second-order valence-corrected chi connectivity index (χ2v) is 5.44. The maximum atomic E-state index is 5.74. The Morgan fingerprint density at radius 1 is 1.44 bits per heavy atom. The molecule has 0 aliphatic carbocycles. The molecule has 1 aliphatic heterocycles. The van der Waals surface area contributed by atoms with Gasteiger partial charge in [-0.15, -0.1) is 0 Å². The summed E-state index contributed by atoms with van der Waals surface area (Å²) in [6.07, 6.45) is 4.34. The smallest absolute Gasteiger partial charge is 0.114 e. The van der Waals surface area contributed by atoms with Crippen molar-refractivity contribution < 1.29 is 4.74 Å². The molecule has 1 aromatic carbocycles. The van der Waals surface area contributed by atoms with E-state index >= 15 is 0 Å². The van der Waals surface area contributed by atoms with Crippen molar-refractivity contribution in [2.24, 2.45) is 0 Å². The molecule has 1 heterocycles. The van der Waals surface area contributed by atoms with E-state index in [1.54, 1.807) is 0 Å². The molecule has 2 nitrogen and oxygen atoms in total. The van der Waals surface area contributed by atoms with E-state index in [4.69, 9.17) is 4.74 Å². The minimum atomic E-state index is 0.185. The quantitative estimate of drug-likeness (QED) is 0.884. The van der Waals surface area contributed by atoms with Crippen molar-refractivity contribution in [3.63, 3.8) is 0 Å². The lowest BCUT2D eigenvalue weighted by molar-refractivity contribution is 0.215. The van der Waals surface area contributed by atoms with Crippen LogP contribution in [0.3, 0.4) is 0 Å². The molecule has 1 unspecified atom stereocenters. The summed E-state index contributed by atoms with van der Waals surface area (Å²) in [7, 11) is 0. The normalized spacial score (nSPS) is 16.3. The third-order valence-electron chi connectivity index (χ3n) is 3.24. The van der Waals surface area contributed by atoms with Crippen LogP contribution in [-0.4, -0.2) is 13.2 Å². The molecule has 1 atom stereocenters. The first kappa shape index (κ1) is 13.6. The van der Waals surface area contributed by atoms with Crippen LogP contribution in [0.1, 0.15) is 36.9 Å². The molecular formula is C15H20BrNO. The van der Waals surface area contributed by atoms with E-state index in [-0.39, 0.29) is 6.04 Å². The Hall–Kier alpha value is -0.800. The molecule has 1 aromatic rings. The molecule has 0 saturated carbocycles. The number of benzene rings is 1. The molecule has 0 fully saturated rings. The van der Waals surface area contributed by atoms with Crippen LogP contribution in [0.5, 0.6) is 0 Å². The highest BCUT2D eigenvalue weighted by molar-refractivity contribution is 9.10. The first-order valence-corrected chi connectivity index (χ1v) is 7.34. The van der Waals surface area contributed by atoms with E-state index < -0.39 is 0 Å². The van der Waals surface area contributed by atoms with Gasteiger partial charge in [0.2, 0.25) is 0 Å². The summed E-state index contributed by atoms with van der Waals surface area (Å²) in [5.41, 5.74) is 2.58. The maximum Gasteiger partial charge on any atom is 0.114 e. The minimum Gasteiger partial charge on any atom is -0.496 e. The lowest BCUT2D eigenvalue weighted by atomic mass is 9.99. The monoisotopic (exact) mass is 309 g/mol. The van der Waals surface area contributed by atoms with E-state index in [1.165, 1.54) is 11.1 Å². The van der Waals surface area contributed by atoms with E-state index in [9.17, 15) is 0 Å². The highest BCUT2D eigenvalue weighted by Gasteiger charge is 2.22. The van der Waals surface area contributed by atoms with Gasteiger partial charge >= 0.3 is 0 Å². The Kier molecular flexibility index (Phi) is 4.84. The Balaban J connectivity index is 2.30. The Morgan fingerprint density at radius 2 is 2.28 bits per heavy atom. The molecular weight excluding hydrogens is 290 g/mol. The summed E-state index contributed by atoms with van der Waals surface area (Å²) >= 11 is 3.60. The van der Waals surface area contributed by atoms with E-state index in [2.05, 4.69) is 59.4 Å². The minimum absolute atomic E-state index is 0.185. The summed E-state index contributed by atoms with van der Waals surface area (Å²) in [6, 6.07) is 6.53. The van der Waals surface area contributed by atoms with E-state index in [0.29, 0.717) is 0 Å². The molecule has 0 saturated heterocycles. The number of rotatable bonds is 5. The fourth-order valence-electron chi connectivity index (χ4n) is 2.23. The average Bonchev–Trinajstić information content (AvgIpc) is 2.88. The summed E-state index contributed by atoms with van der Waals surface area (Å²) in [6.45, 7) is 6.14. The molecule has 0 aromatic heterocycles. The molecule has 0 radical (unpaired) electrons. The standard InChI is InChI=1S/C15H20BrNO/c1-3-9-17-15(14-8-5-10-18-14)12-6-4-7-13(16)11(12)2/h4,6-8,15,17H,3,5,9-10H2,1-2H3. The topological polar surface area (TPSA) is 21.3 Å². The van der Waals surface area contributed by atoms with Crippen LogP contribution in [0.15, 0.2) is 34.5 Å². The third kappa shape index (κ3) is 2.96. The maximum absolute atomic E-state index is 5.74. The van der Waals surface area contributed by atoms with Crippen molar-refractivity contribution >= 4 is 15.9 Å². The van der Waals surface area contributed by atoms with Gasteiger partial charge < -0.3 is 10.1 Å². The van der Waals surface area contributed by atoms with Gasteiger partial charge in [0.25, 0.3) is 0 Å². The van der Waals surface area contributed by atoms with Gasteiger partial charge in [0, 0.05) is 10.9 Å². The first-order chi connectivity index (χ1) is 8.74. The molecule has 1 N–H and O–H groups in total. The zero-order chi connectivity index (χ0) is 13.0. The van der Waals surface area contributed by atoms with Crippen molar-refractivity contribution in [3.8, 4) is 0 Å². The number of ether oxygens (including phenoxy) is 1. The van der Waals surface area contributed by atoms with Crippen LogP contribution in [0.4, 0.5) is 0 Å². The van der Waals surface area contributed by atoms with Crippen molar-refractivity contribution in [2.75, 3.05) is 13.2 Å². The van der Waals surface area contributed by atoms with Gasteiger partial charge in [-0.2, -0.15) is 0 Å². The third-order valence-corrected chi connectivity index (χ3v) is 4.09. The highest BCUT2D eigenvalue weighted by atomic mass is 79.9. The van der Waals surface area contributed by atoms with Crippen LogP contribution < -0.4 is 5.32 Å². The van der Waals surface area contributed by atoms with Crippen LogP contribution >= 0.6 is 15.9 Å². The molecule has 1 aliphatic rings. The zero-order valence-electron chi connectivity index (χ0n) is 11.0. The van der Waals surface area contributed by atoms with Crippen molar-refractivity contribution in [1.29, 1.82) is 0 Å². The second kappa shape index (κ2) is 6.39. The molecule has 98 valence electrons. The SMILES string of the molecule is CCCNC(C1=CCCO1)c1cccc(Br)c1C. The van der Waals surface area contributed by atoms with Crippen LogP contribution in [0.25, 0.3) is 0 Å². The Morgan fingerprint density at radius 3 is 2.94 bits per heavy atom. The van der Waals surface area contributed by atoms with Gasteiger partial charge in [0.05, 0.1) is 12.6 Å². The largest absolute Gasteiger partial charge is 0.496 e. The lowest BCUT2D eigenvalue weighted by Gasteiger charge is -2.22. The van der Waals surface area contributed by atoms with Gasteiger partial charge in [-0.05, 0) is 43.2 Å². The van der Waals surface area contributed by atoms with E-state index in [0.717, 1.165) is 36.2 Å². The number of halogens is 1. The number of hydrogen-bond donors (Lipinski definition) is 1. The highest BCUT2D eigenvalue weighted by Crippen LogP contribution is 2.31.